The number of hydrogen-bond donors (Lipinski definition) is 2. The number of rotatable bonds is 4. The van der Waals surface area contributed by atoms with Crippen molar-refractivity contribution in [1.82, 2.24) is 9.97 Å². The number of alkyl halides is 3. The molecule has 0 fully saturated rings. The van der Waals surface area contributed by atoms with Crippen LogP contribution in [0.15, 0.2) is 60.7 Å². The minimum atomic E-state index is -4.45. The van der Waals surface area contributed by atoms with Gasteiger partial charge in [-0.05, 0) is 47.9 Å². The number of fused-ring (bicyclic) bond motifs is 1. The Morgan fingerprint density at radius 2 is 1.80 bits per heavy atom. The van der Waals surface area contributed by atoms with E-state index in [1.54, 1.807) is 12.1 Å². The predicted molar refractivity (Wildman–Crippen MR) is 107 cm³/mol. The molecule has 2 aromatic heterocycles. The van der Waals surface area contributed by atoms with Gasteiger partial charge in [-0.2, -0.15) is 13.2 Å². The van der Waals surface area contributed by atoms with Crippen LogP contribution in [0, 0.1) is 6.92 Å². The van der Waals surface area contributed by atoms with E-state index < -0.39 is 17.7 Å². The summed E-state index contributed by atoms with van der Waals surface area (Å²) in [6, 6.07) is 16.7. The number of nitrogens with one attached hydrogen (secondary N) is 1. The zero-order valence-electron chi connectivity index (χ0n) is 15.9. The Balaban J connectivity index is 1.93. The number of aromatic carboxylic acids is 1. The van der Waals surface area contributed by atoms with Crippen molar-refractivity contribution in [3.05, 3.63) is 88.7 Å². The molecule has 0 atom stereocenters. The molecule has 4 nitrogen and oxygen atoms in total. The Morgan fingerprint density at radius 1 is 1.07 bits per heavy atom. The Hall–Kier alpha value is -3.61. The average Bonchev–Trinajstić information content (AvgIpc) is 3.05. The van der Waals surface area contributed by atoms with Gasteiger partial charge in [0.15, 0.2) is 0 Å². The van der Waals surface area contributed by atoms with Crippen molar-refractivity contribution in [1.29, 1.82) is 0 Å². The first-order valence-corrected chi connectivity index (χ1v) is 9.21. The number of halogens is 3. The van der Waals surface area contributed by atoms with Gasteiger partial charge in [0, 0.05) is 23.0 Å². The standard InChI is InChI=1S/C23H17F3N2O2/c1-13-10-16-17(11-15-8-5-9-19(27-15)22(29)30)21(14-6-3-2-4-7-14)28-20(16)12-18(13)23(24,25)26/h2-10,12,28H,11H2,1H3,(H,29,30). The van der Waals surface area contributed by atoms with E-state index >= 15 is 0 Å². The van der Waals surface area contributed by atoms with E-state index in [0.29, 0.717) is 22.3 Å². The van der Waals surface area contributed by atoms with Crippen LogP contribution in [0.2, 0.25) is 0 Å². The molecule has 0 spiro atoms. The quantitative estimate of drug-likeness (QED) is 0.444. The molecule has 30 heavy (non-hydrogen) atoms. The lowest BCUT2D eigenvalue weighted by molar-refractivity contribution is -0.137. The molecular formula is C23H17F3N2O2. The molecule has 0 radical (unpaired) electrons. The van der Waals surface area contributed by atoms with Crippen molar-refractivity contribution >= 4 is 16.9 Å². The molecule has 152 valence electrons. The lowest BCUT2D eigenvalue weighted by Crippen LogP contribution is -2.07. The van der Waals surface area contributed by atoms with Crippen molar-refractivity contribution in [2.45, 2.75) is 19.5 Å². The van der Waals surface area contributed by atoms with Crippen LogP contribution in [0.4, 0.5) is 13.2 Å². The zero-order valence-corrected chi connectivity index (χ0v) is 15.9. The van der Waals surface area contributed by atoms with E-state index in [2.05, 4.69) is 9.97 Å². The van der Waals surface area contributed by atoms with Gasteiger partial charge in [-0.25, -0.2) is 9.78 Å². The third-order valence-electron chi connectivity index (χ3n) is 5.00. The normalized spacial score (nSPS) is 11.7. The number of hydrogen-bond acceptors (Lipinski definition) is 2. The fourth-order valence-electron chi connectivity index (χ4n) is 3.62. The molecule has 0 saturated carbocycles. The summed E-state index contributed by atoms with van der Waals surface area (Å²) in [5, 5.41) is 9.86. The number of aryl methyl sites for hydroxylation is 1. The molecule has 0 saturated heterocycles. The molecular weight excluding hydrogens is 393 g/mol. The summed E-state index contributed by atoms with van der Waals surface area (Å²) >= 11 is 0. The van der Waals surface area contributed by atoms with Crippen LogP contribution >= 0.6 is 0 Å². The topological polar surface area (TPSA) is 66.0 Å². The Morgan fingerprint density at radius 3 is 2.47 bits per heavy atom. The van der Waals surface area contributed by atoms with Crippen LogP contribution in [0.1, 0.15) is 32.9 Å². The number of H-pyrrole nitrogens is 1. The summed E-state index contributed by atoms with van der Waals surface area (Å²) < 4.78 is 40.2. The fraction of sp³-hybridized carbons (Fsp3) is 0.130. The highest BCUT2D eigenvalue weighted by atomic mass is 19.4. The highest BCUT2D eigenvalue weighted by Crippen LogP contribution is 2.38. The SMILES string of the molecule is Cc1cc2c(Cc3cccc(C(=O)O)n3)c(-c3ccccc3)[nH]c2cc1C(F)(F)F. The molecule has 2 heterocycles. The molecule has 0 unspecified atom stereocenters. The molecule has 2 N–H and O–H groups in total. The molecule has 0 aliphatic rings. The van der Waals surface area contributed by atoms with Crippen LogP contribution in [0.25, 0.3) is 22.2 Å². The van der Waals surface area contributed by atoms with Gasteiger partial charge < -0.3 is 10.1 Å². The fourth-order valence-corrected chi connectivity index (χ4v) is 3.62. The maximum Gasteiger partial charge on any atom is 0.416 e. The van der Waals surface area contributed by atoms with E-state index in [9.17, 15) is 23.1 Å². The van der Waals surface area contributed by atoms with Gasteiger partial charge in [0.05, 0.1) is 11.3 Å². The molecule has 2 aromatic carbocycles. The smallest absolute Gasteiger partial charge is 0.416 e. The molecule has 0 aliphatic carbocycles. The zero-order chi connectivity index (χ0) is 21.5. The molecule has 4 rings (SSSR count). The first-order valence-electron chi connectivity index (χ1n) is 9.21. The summed E-state index contributed by atoms with van der Waals surface area (Å²) in [4.78, 5) is 18.6. The van der Waals surface area contributed by atoms with E-state index in [4.69, 9.17) is 0 Å². The van der Waals surface area contributed by atoms with E-state index in [-0.39, 0.29) is 17.7 Å². The van der Waals surface area contributed by atoms with Crippen LogP contribution < -0.4 is 0 Å². The van der Waals surface area contributed by atoms with E-state index in [1.165, 1.54) is 19.1 Å². The van der Waals surface area contributed by atoms with Gasteiger partial charge in [0.1, 0.15) is 5.69 Å². The minimum absolute atomic E-state index is 0.0795. The predicted octanol–water partition coefficient (Wildman–Crippen LogP) is 5.85. The number of carboxylic acids is 1. The van der Waals surface area contributed by atoms with Crippen LogP contribution in [0.5, 0.6) is 0 Å². The molecule has 0 aliphatic heterocycles. The molecule has 0 amide bonds. The lowest BCUT2D eigenvalue weighted by Gasteiger charge is -2.11. The van der Waals surface area contributed by atoms with Gasteiger partial charge in [-0.3, -0.25) is 0 Å². The van der Waals surface area contributed by atoms with E-state index in [1.807, 2.05) is 30.3 Å². The molecule has 7 heteroatoms. The van der Waals surface area contributed by atoms with Gasteiger partial charge in [-0.1, -0.05) is 36.4 Å². The number of nitrogens with zero attached hydrogens (tertiary/aromatic N) is 1. The van der Waals surface area contributed by atoms with Crippen LogP contribution in [0.3, 0.4) is 0 Å². The Bertz CT molecular complexity index is 1240. The first-order chi connectivity index (χ1) is 14.2. The Kier molecular flexibility index (Phi) is 4.81. The number of carboxylic acid groups (broad SMARTS) is 1. The van der Waals surface area contributed by atoms with Crippen molar-refractivity contribution in [2.75, 3.05) is 0 Å². The largest absolute Gasteiger partial charge is 0.477 e. The van der Waals surface area contributed by atoms with Crippen molar-refractivity contribution in [2.24, 2.45) is 0 Å². The third-order valence-corrected chi connectivity index (χ3v) is 5.00. The highest BCUT2D eigenvalue weighted by Gasteiger charge is 2.33. The number of aromatic amines is 1. The maximum absolute atomic E-state index is 13.4. The maximum atomic E-state index is 13.4. The van der Waals surface area contributed by atoms with Crippen molar-refractivity contribution in [3.8, 4) is 11.3 Å². The lowest BCUT2D eigenvalue weighted by atomic mass is 9.98. The third kappa shape index (κ3) is 3.66. The number of benzene rings is 2. The van der Waals surface area contributed by atoms with Crippen molar-refractivity contribution < 1.29 is 23.1 Å². The van der Waals surface area contributed by atoms with Gasteiger partial charge >= 0.3 is 12.1 Å². The van der Waals surface area contributed by atoms with Gasteiger partial charge in [0.2, 0.25) is 0 Å². The summed E-state index contributed by atoms with van der Waals surface area (Å²) in [5.74, 6) is -1.13. The first kappa shape index (κ1) is 19.7. The second kappa shape index (κ2) is 7.33. The molecule has 0 bridgehead atoms. The van der Waals surface area contributed by atoms with Gasteiger partial charge in [-0.15, -0.1) is 0 Å². The summed E-state index contributed by atoms with van der Waals surface area (Å²) in [6.07, 6.45) is -4.18. The average molecular weight is 410 g/mol. The van der Waals surface area contributed by atoms with Crippen molar-refractivity contribution in [3.63, 3.8) is 0 Å². The van der Waals surface area contributed by atoms with E-state index in [0.717, 1.165) is 17.2 Å². The molecule has 4 aromatic rings. The number of aromatic nitrogens is 2. The Labute approximate surface area is 170 Å². The summed E-state index contributed by atoms with van der Waals surface area (Å²) in [7, 11) is 0. The monoisotopic (exact) mass is 410 g/mol. The number of pyridine rings is 1. The summed E-state index contributed by atoms with van der Waals surface area (Å²) in [5.41, 5.74) is 2.53. The second-order valence-electron chi connectivity index (χ2n) is 7.05. The highest BCUT2D eigenvalue weighted by molar-refractivity contribution is 5.92. The van der Waals surface area contributed by atoms with Crippen LogP contribution in [-0.4, -0.2) is 21.0 Å². The second-order valence-corrected chi connectivity index (χ2v) is 7.05. The summed E-state index contributed by atoms with van der Waals surface area (Å²) in [6.45, 7) is 1.44. The van der Waals surface area contributed by atoms with Gasteiger partial charge in [0.25, 0.3) is 0 Å². The van der Waals surface area contributed by atoms with Crippen LogP contribution in [-0.2, 0) is 12.6 Å². The number of carbonyl (C=O) groups is 1. The minimum Gasteiger partial charge on any atom is -0.477 e.